The average molecular weight is 566 g/mol. The molecule has 4 rings (SSSR count). The van der Waals surface area contributed by atoms with Gasteiger partial charge in [0.25, 0.3) is 10.0 Å². The summed E-state index contributed by atoms with van der Waals surface area (Å²) in [7, 11) is -4.10. The number of nitrogens with zero attached hydrogens (tertiary/aromatic N) is 2. The van der Waals surface area contributed by atoms with E-state index < -0.39 is 34.3 Å². The monoisotopic (exact) mass is 565 g/mol. The number of amides is 2. The molecule has 0 unspecified atom stereocenters. The Morgan fingerprint density at radius 1 is 0.900 bits per heavy atom. The van der Waals surface area contributed by atoms with Gasteiger partial charge in [0.15, 0.2) is 0 Å². The third-order valence-electron chi connectivity index (χ3n) is 7.26. The molecule has 0 spiro atoms. The third-order valence-corrected chi connectivity index (χ3v) is 9.05. The van der Waals surface area contributed by atoms with Gasteiger partial charge in [-0.2, -0.15) is 0 Å². The smallest absolute Gasteiger partial charge is 0.264 e. The number of rotatable bonds is 11. The van der Waals surface area contributed by atoms with E-state index in [1.807, 2.05) is 6.92 Å². The van der Waals surface area contributed by atoms with Gasteiger partial charge in [-0.25, -0.2) is 12.8 Å². The van der Waals surface area contributed by atoms with Crippen molar-refractivity contribution < 1.29 is 22.4 Å². The van der Waals surface area contributed by atoms with Gasteiger partial charge in [0.1, 0.15) is 18.4 Å². The number of carbonyl (C=O) groups excluding carboxylic acids is 2. The maximum absolute atomic E-state index is 14.0. The first-order valence-electron chi connectivity index (χ1n) is 13.8. The molecule has 0 aliphatic heterocycles. The van der Waals surface area contributed by atoms with Crippen LogP contribution in [-0.2, 0) is 26.2 Å². The minimum Gasteiger partial charge on any atom is -0.352 e. The Kier molecular flexibility index (Phi) is 9.93. The van der Waals surface area contributed by atoms with E-state index >= 15 is 0 Å². The Bertz CT molecular complexity index is 1360. The summed E-state index contributed by atoms with van der Waals surface area (Å²) >= 11 is 0. The van der Waals surface area contributed by atoms with Crippen LogP contribution in [0.15, 0.2) is 89.8 Å². The van der Waals surface area contributed by atoms with Crippen LogP contribution in [-0.4, -0.2) is 43.8 Å². The van der Waals surface area contributed by atoms with Crippen LogP contribution in [0.1, 0.15) is 51.0 Å². The Morgan fingerprint density at radius 3 is 2.10 bits per heavy atom. The molecule has 1 atom stereocenters. The number of nitrogens with one attached hydrogen (secondary N) is 1. The predicted octanol–water partition coefficient (Wildman–Crippen LogP) is 5.28. The highest BCUT2D eigenvalue weighted by Crippen LogP contribution is 2.25. The van der Waals surface area contributed by atoms with Crippen molar-refractivity contribution in [1.82, 2.24) is 10.2 Å². The fourth-order valence-corrected chi connectivity index (χ4v) is 6.53. The summed E-state index contributed by atoms with van der Waals surface area (Å²) < 4.78 is 42.2. The highest BCUT2D eigenvalue weighted by atomic mass is 32.2. The molecular weight excluding hydrogens is 529 g/mol. The van der Waals surface area contributed by atoms with Gasteiger partial charge in [0, 0.05) is 12.6 Å². The van der Waals surface area contributed by atoms with E-state index in [4.69, 9.17) is 0 Å². The molecule has 1 saturated carbocycles. The molecular formula is C31H36FN3O4S. The van der Waals surface area contributed by atoms with E-state index in [0.29, 0.717) is 17.7 Å². The normalized spacial score (nSPS) is 14.8. The highest BCUT2D eigenvalue weighted by molar-refractivity contribution is 7.92. The zero-order chi connectivity index (χ0) is 28.5. The van der Waals surface area contributed by atoms with Crippen molar-refractivity contribution in [3.63, 3.8) is 0 Å². The molecule has 9 heteroatoms. The van der Waals surface area contributed by atoms with Crippen molar-refractivity contribution in [3.8, 4) is 0 Å². The number of para-hydroxylation sites is 1. The van der Waals surface area contributed by atoms with E-state index in [-0.39, 0.29) is 23.4 Å². The van der Waals surface area contributed by atoms with Gasteiger partial charge in [0.05, 0.1) is 10.6 Å². The average Bonchev–Trinajstić information content (AvgIpc) is 2.98. The second-order valence-electron chi connectivity index (χ2n) is 10.1. The molecule has 0 radical (unpaired) electrons. The number of anilines is 1. The second-order valence-corrected chi connectivity index (χ2v) is 11.9. The van der Waals surface area contributed by atoms with E-state index in [1.54, 1.807) is 60.7 Å². The standard InChI is InChI=1S/C31H36FN3O4S/c1-2-29(31(37)33-26-12-6-3-7-13-26)34(22-24-18-20-25(32)21-19-24)30(36)23-35(27-14-8-4-9-15-27)40(38,39)28-16-10-5-11-17-28/h4-5,8-11,14-21,26,29H,2-3,6-7,12-13,22-23H2,1H3,(H,33,37)/t29-/m0/s1. The SMILES string of the molecule is CC[C@@H](C(=O)NC1CCCCC1)N(Cc1ccc(F)cc1)C(=O)CN(c1ccccc1)S(=O)(=O)c1ccccc1. The van der Waals surface area contributed by atoms with Crippen molar-refractivity contribution >= 4 is 27.5 Å². The van der Waals surface area contributed by atoms with Crippen molar-refractivity contribution in [3.05, 3.63) is 96.3 Å². The van der Waals surface area contributed by atoms with Crippen LogP contribution in [0, 0.1) is 5.82 Å². The van der Waals surface area contributed by atoms with Crippen molar-refractivity contribution in [2.24, 2.45) is 0 Å². The molecule has 1 aliphatic carbocycles. The minimum absolute atomic E-state index is 0.0315. The molecule has 40 heavy (non-hydrogen) atoms. The van der Waals surface area contributed by atoms with E-state index in [9.17, 15) is 22.4 Å². The predicted molar refractivity (Wildman–Crippen MR) is 153 cm³/mol. The molecule has 7 nitrogen and oxygen atoms in total. The molecule has 1 fully saturated rings. The lowest BCUT2D eigenvalue weighted by molar-refractivity contribution is -0.140. The fourth-order valence-electron chi connectivity index (χ4n) is 5.09. The Hall–Kier alpha value is -3.72. The number of halogens is 1. The first kappa shape index (κ1) is 29.3. The number of benzene rings is 3. The summed E-state index contributed by atoms with van der Waals surface area (Å²) in [4.78, 5) is 29.0. The zero-order valence-corrected chi connectivity index (χ0v) is 23.5. The van der Waals surface area contributed by atoms with Gasteiger partial charge < -0.3 is 10.2 Å². The Labute approximate surface area is 236 Å². The lowest BCUT2D eigenvalue weighted by Gasteiger charge is -2.34. The largest absolute Gasteiger partial charge is 0.352 e. The van der Waals surface area contributed by atoms with Gasteiger partial charge in [-0.15, -0.1) is 0 Å². The number of carbonyl (C=O) groups is 2. The van der Waals surface area contributed by atoms with Gasteiger partial charge in [-0.1, -0.05) is 74.7 Å². The van der Waals surface area contributed by atoms with Crippen LogP contribution in [0.5, 0.6) is 0 Å². The number of hydrogen-bond acceptors (Lipinski definition) is 4. The fraction of sp³-hybridized carbons (Fsp3) is 0.355. The molecule has 1 N–H and O–H groups in total. The van der Waals surface area contributed by atoms with Crippen LogP contribution in [0.3, 0.4) is 0 Å². The summed E-state index contributed by atoms with van der Waals surface area (Å²) in [5.74, 6) is -1.20. The molecule has 0 heterocycles. The van der Waals surface area contributed by atoms with Crippen LogP contribution in [0.2, 0.25) is 0 Å². The number of sulfonamides is 1. The molecule has 3 aromatic rings. The topological polar surface area (TPSA) is 86.8 Å². The minimum atomic E-state index is -4.10. The first-order chi connectivity index (χ1) is 19.3. The maximum atomic E-state index is 14.0. The Morgan fingerprint density at radius 2 is 1.50 bits per heavy atom. The molecule has 1 aliphatic rings. The lowest BCUT2D eigenvalue weighted by Crippen LogP contribution is -2.54. The lowest BCUT2D eigenvalue weighted by atomic mass is 9.95. The summed E-state index contributed by atoms with van der Waals surface area (Å²) in [6, 6.07) is 21.3. The molecule has 0 bridgehead atoms. The number of hydrogen-bond donors (Lipinski definition) is 1. The summed E-state index contributed by atoms with van der Waals surface area (Å²) in [5.41, 5.74) is 0.969. The highest BCUT2D eigenvalue weighted by Gasteiger charge is 2.34. The molecule has 212 valence electrons. The summed E-state index contributed by atoms with van der Waals surface area (Å²) in [5, 5.41) is 3.12. The van der Waals surface area contributed by atoms with Crippen LogP contribution >= 0.6 is 0 Å². The maximum Gasteiger partial charge on any atom is 0.264 e. The zero-order valence-electron chi connectivity index (χ0n) is 22.7. The quantitative estimate of drug-likeness (QED) is 0.343. The van der Waals surface area contributed by atoms with Crippen molar-refractivity contribution in [1.29, 1.82) is 0 Å². The third kappa shape index (κ3) is 7.27. The Balaban J connectivity index is 1.67. The molecule has 2 amide bonds. The first-order valence-corrected chi connectivity index (χ1v) is 15.2. The van der Waals surface area contributed by atoms with E-state index in [0.717, 1.165) is 36.4 Å². The molecule has 3 aromatic carbocycles. The van der Waals surface area contributed by atoms with Crippen LogP contribution in [0.4, 0.5) is 10.1 Å². The van der Waals surface area contributed by atoms with Gasteiger partial charge in [-0.05, 0) is 61.2 Å². The van der Waals surface area contributed by atoms with E-state index in [1.165, 1.54) is 29.2 Å². The van der Waals surface area contributed by atoms with Gasteiger partial charge in [0.2, 0.25) is 11.8 Å². The van der Waals surface area contributed by atoms with Gasteiger partial charge >= 0.3 is 0 Å². The molecule has 0 saturated heterocycles. The van der Waals surface area contributed by atoms with Crippen molar-refractivity contribution in [2.45, 2.75) is 69.0 Å². The summed E-state index contributed by atoms with van der Waals surface area (Å²) in [6.45, 7) is 1.35. The second kappa shape index (κ2) is 13.6. The molecule has 0 aromatic heterocycles. The van der Waals surface area contributed by atoms with Crippen LogP contribution < -0.4 is 9.62 Å². The van der Waals surface area contributed by atoms with Crippen LogP contribution in [0.25, 0.3) is 0 Å². The van der Waals surface area contributed by atoms with Crippen molar-refractivity contribution in [2.75, 3.05) is 10.8 Å². The summed E-state index contributed by atoms with van der Waals surface area (Å²) in [6.07, 6.45) is 5.36. The van der Waals surface area contributed by atoms with Gasteiger partial charge in [-0.3, -0.25) is 13.9 Å². The van der Waals surface area contributed by atoms with E-state index in [2.05, 4.69) is 5.32 Å².